The Morgan fingerprint density at radius 2 is 2.08 bits per heavy atom. The summed E-state index contributed by atoms with van der Waals surface area (Å²) in [4.78, 5) is 22.8. The average Bonchev–Trinajstić information content (AvgIpc) is 2.60. The van der Waals surface area contributed by atoms with Gasteiger partial charge in [-0.15, -0.1) is 0 Å². The molecule has 7 heteroatoms. The van der Waals surface area contributed by atoms with Crippen molar-refractivity contribution in [1.82, 2.24) is 14.9 Å². The smallest absolute Gasteiger partial charge is 0.229 e. The van der Waals surface area contributed by atoms with Gasteiger partial charge < -0.3 is 15.5 Å². The van der Waals surface area contributed by atoms with E-state index in [0.717, 1.165) is 48.3 Å². The van der Waals surface area contributed by atoms with E-state index in [1.54, 1.807) is 6.20 Å². The van der Waals surface area contributed by atoms with Gasteiger partial charge >= 0.3 is 0 Å². The minimum absolute atomic E-state index is 0.260. The van der Waals surface area contributed by atoms with E-state index in [4.69, 9.17) is 0 Å². The summed E-state index contributed by atoms with van der Waals surface area (Å²) in [5.74, 6) is 1.83. The quantitative estimate of drug-likeness (QED) is 0.634. The van der Waals surface area contributed by atoms with Gasteiger partial charge in [-0.05, 0) is 47.3 Å². The number of rotatable bonds is 8. The highest BCUT2D eigenvalue weighted by molar-refractivity contribution is 9.10. The number of hydrogen-bond donors (Lipinski definition) is 2. The van der Waals surface area contributed by atoms with Crippen LogP contribution in [-0.4, -0.2) is 40.9 Å². The largest absolute Gasteiger partial charge is 0.369 e. The van der Waals surface area contributed by atoms with Gasteiger partial charge in [0.15, 0.2) is 0 Å². The van der Waals surface area contributed by atoms with Crippen LogP contribution >= 0.6 is 15.9 Å². The van der Waals surface area contributed by atoms with Crippen LogP contribution in [0.15, 0.2) is 41.0 Å². The van der Waals surface area contributed by atoms with Crippen molar-refractivity contribution in [1.29, 1.82) is 0 Å². The molecule has 1 amide bonds. The number of amides is 1. The molecule has 1 aliphatic rings. The second-order valence-electron chi connectivity index (χ2n) is 6.55. The first kappa shape index (κ1) is 18.6. The first-order chi connectivity index (χ1) is 12.6. The number of anilines is 3. The summed E-state index contributed by atoms with van der Waals surface area (Å²) in [5.41, 5.74) is 0.942. The highest BCUT2D eigenvalue weighted by Gasteiger charge is 2.27. The van der Waals surface area contributed by atoms with Crippen LogP contribution < -0.4 is 10.6 Å². The number of carbonyl (C=O) groups excluding carboxylic acids is 1. The zero-order valence-electron chi connectivity index (χ0n) is 14.9. The molecule has 0 spiro atoms. The van der Waals surface area contributed by atoms with Gasteiger partial charge in [-0.2, -0.15) is 4.98 Å². The third-order valence-electron chi connectivity index (χ3n) is 4.57. The fourth-order valence-electron chi connectivity index (χ4n) is 2.80. The molecule has 2 N–H and O–H groups in total. The summed E-state index contributed by atoms with van der Waals surface area (Å²) < 4.78 is 0.815. The Labute approximate surface area is 162 Å². The molecule has 0 atom stereocenters. The molecule has 3 rings (SSSR count). The molecule has 1 aromatic carbocycles. The van der Waals surface area contributed by atoms with Crippen molar-refractivity contribution in [2.75, 3.05) is 30.8 Å². The zero-order valence-corrected chi connectivity index (χ0v) is 16.5. The summed E-state index contributed by atoms with van der Waals surface area (Å²) in [7, 11) is 1.89. The lowest BCUT2D eigenvalue weighted by Crippen LogP contribution is -2.37. The van der Waals surface area contributed by atoms with Crippen LogP contribution in [0, 0.1) is 5.92 Å². The topological polar surface area (TPSA) is 70.2 Å². The molecular formula is C19H24BrN5O. The number of carbonyl (C=O) groups is 1. The summed E-state index contributed by atoms with van der Waals surface area (Å²) in [6.07, 6.45) is 5.88. The lowest BCUT2D eigenvalue weighted by molar-refractivity contribution is -0.136. The predicted molar refractivity (Wildman–Crippen MR) is 108 cm³/mol. The Hall–Kier alpha value is -2.15. The van der Waals surface area contributed by atoms with E-state index >= 15 is 0 Å². The molecular weight excluding hydrogens is 394 g/mol. The van der Waals surface area contributed by atoms with Crippen molar-refractivity contribution in [2.45, 2.75) is 25.7 Å². The van der Waals surface area contributed by atoms with Crippen LogP contribution in [0.25, 0.3) is 0 Å². The third kappa shape index (κ3) is 4.94. The van der Waals surface area contributed by atoms with Crippen molar-refractivity contribution < 1.29 is 4.79 Å². The van der Waals surface area contributed by atoms with Gasteiger partial charge in [-0.25, -0.2) is 4.98 Å². The molecule has 1 aliphatic carbocycles. The average molecular weight is 418 g/mol. The molecule has 138 valence electrons. The maximum absolute atomic E-state index is 12.1. The van der Waals surface area contributed by atoms with Crippen LogP contribution in [0.1, 0.15) is 25.7 Å². The zero-order chi connectivity index (χ0) is 18.4. The van der Waals surface area contributed by atoms with Crippen LogP contribution in [0.4, 0.5) is 17.5 Å². The Kier molecular flexibility index (Phi) is 6.44. The van der Waals surface area contributed by atoms with Crippen LogP contribution in [0.2, 0.25) is 0 Å². The number of para-hydroxylation sites is 1. The van der Waals surface area contributed by atoms with Gasteiger partial charge in [0, 0.05) is 37.9 Å². The van der Waals surface area contributed by atoms with Crippen LogP contribution in [-0.2, 0) is 4.79 Å². The van der Waals surface area contributed by atoms with E-state index in [-0.39, 0.29) is 11.8 Å². The highest BCUT2D eigenvalue weighted by Crippen LogP contribution is 2.28. The molecule has 26 heavy (non-hydrogen) atoms. The van der Waals surface area contributed by atoms with Gasteiger partial charge in [-0.1, -0.05) is 24.6 Å². The van der Waals surface area contributed by atoms with E-state index in [1.807, 2.05) is 42.3 Å². The SMILES string of the molecule is CN(CCCNc1nc(Nc2ccccc2)ncc1Br)C(=O)C1CCC1. The van der Waals surface area contributed by atoms with E-state index in [2.05, 4.69) is 36.5 Å². The fraction of sp³-hybridized carbons (Fsp3) is 0.421. The Balaban J connectivity index is 1.48. The first-order valence-electron chi connectivity index (χ1n) is 8.97. The molecule has 0 radical (unpaired) electrons. The monoisotopic (exact) mass is 417 g/mol. The highest BCUT2D eigenvalue weighted by atomic mass is 79.9. The number of nitrogens with zero attached hydrogens (tertiary/aromatic N) is 3. The maximum Gasteiger partial charge on any atom is 0.229 e. The lowest BCUT2D eigenvalue weighted by atomic mass is 9.84. The minimum Gasteiger partial charge on any atom is -0.369 e. The van der Waals surface area contributed by atoms with Crippen LogP contribution in [0.5, 0.6) is 0 Å². The van der Waals surface area contributed by atoms with E-state index in [0.29, 0.717) is 5.95 Å². The predicted octanol–water partition coefficient (Wildman–Crippen LogP) is 4.04. The van der Waals surface area contributed by atoms with Crippen LogP contribution in [0.3, 0.4) is 0 Å². The number of benzene rings is 1. The second kappa shape index (κ2) is 8.98. The van der Waals surface area contributed by atoms with Gasteiger partial charge in [0.05, 0.1) is 4.47 Å². The van der Waals surface area contributed by atoms with E-state index in [1.165, 1.54) is 6.42 Å². The molecule has 0 saturated heterocycles. The minimum atomic E-state index is 0.260. The molecule has 1 heterocycles. The Morgan fingerprint density at radius 1 is 1.31 bits per heavy atom. The van der Waals surface area contributed by atoms with E-state index < -0.39 is 0 Å². The van der Waals surface area contributed by atoms with Crippen molar-refractivity contribution >= 4 is 39.3 Å². The van der Waals surface area contributed by atoms with Crippen molar-refractivity contribution in [3.63, 3.8) is 0 Å². The molecule has 0 bridgehead atoms. The summed E-state index contributed by atoms with van der Waals surface area (Å²) in [6.45, 7) is 1.49. The van der Waals surface area contributed by atoms with Gasteiger partial charge in [-0.3, -0.25) is 4.79 Å². The molecule has 1 aromatic heterocycles. The molecule has 0 aliphatic heterocycles. The number of hydrogen-bond acceptors (Lipinski definition) is 5. The second-order valence-corrected chi connectivity index (χ2v) is 7.40. The maximum atomic E-state index is 12.1. The molecule has 0 unspecified atom stereocenters. The Morgan fingerprint density at radius 3 is 2.77 bits per heavy atom. The van der Waals surface area contributed by atoms with Crippen molar-refractivity contribution in [3.8, 4) is 0 Å². The molecule has 6 nitrogen and oxygen atoms in total. The van der Waals surface area contributed by atoms with Gasteiger partial charge in [0.25, 0.3) is 0 Å². The van der Waals surface area contributed by atoms with E-state index in [9.17, 15) is 4.79 Å². The third-order valence-corrected chi connectivity index (χ3v) is 5.15. The molecule has 1 fully saturated rings. The van der Waals surface area contributed by atoms with Gasteiger partial charge in [0.2, 0.25) is 11.9 Å². The number of nitrogens with one attached hydrogen (secondary N) is 2. The van der Waals surface area contributed by atoms with Crippen molar-refractivity contribution in [2.24, 2.45) is 5.92 Å². The first-order valence-corrected chi connectivity index (χ1v) is 9.76. The normalized spacial score (nSPS) is 13.8. The molecule has 2 aromatic rings. The van der Waals surface area contributed by atoms with Gasteiger partial charge in [0.1, 0.15) is 5.82 Å². The summed E-state index contributed by atoms with van der Waals surface area (Å²) in [5, 5.41) is 6.50. The lowest BCUT2D eigenvalue weighted by Gasteiger charge is -2.29. The molecule has 1 saturated carbocycles. The number of halogens is 1. The fourth-order valence-corrected chi connectivity index (χ4v) is 3.13. The Bertz CT molecular complexity index is 736. The number of aromatic nitrogens is 2. The summed E-state index contributed by atoms with van der Waals surface area (Å²) in [6, 6.07) is 9.82. The summed E-state index contributed by atoms with van der Waals surface area (Å²) >= 11 is 3.48. The standard InChI is InChI=1S/C19H24BrN5O/c1-25(18(26)14-7-5-8-14)12-6-11-21-17-16(20)13-22-19(24-17)23-15-9-3-2-4-10-15/h2-4,9-10,13-14H,5-8,11-12H2,1H3,(H2,21,22,23,24). The van der Waals surface area contributed by atoms with Crippen molar-refractivity contribution in [3.05, 3.63) is 41.0 Å².